The van der Waals surface area contributed by atoms with Gasteiger partial charge >= 0.3 is 0 Å². The second-order valence-corrected chi connectivity index (χ2v) is 2.79. The highest BCUT2D eigenvalue weighted by Crippen LogP contribution is 2.04. The van der Waals surface area contributed by atoms with E-state index in [1.165, 1.54) is 12.1 Å². The van der Waals surface area contributed by atoms with E-state index in [0.717, 1.165) is 12.0 Å². The maximum Gasteiger partial charge on any atom is 0.123 e. The molecule has 2 nitrogen and oxygen atoms in total. The van der Waals surface area contributed by atoms with Crippen molar-refractivity contribution in [2.75, 3.05) is 0 Å². The van der Waals surface area contributed by atoms with Crippen LogP contribution in [0.1, 0.15) is 18.9 Å². The molecule has 0 heterocycles. The minimum Gasteiger partial charge on any atom is -0.387 e. The molecule has 0 aromatic heterocycles. The number of halogens is 1. The van der Waals surface area contributed by atoms with Crippen LogP contribution >= 0.6 is 0 Å². The molecule has 13 heavy (non-hydrogen) atoms. The zero-order valence-corrected chi connectivity index (χ0v) is 7.63. The van der Waals surface area contributed by atoms with Crippen molar-refractivity contribution in [1.29, 1.82) is 0 Å². The maximum absolute atomic E-state index is 12.7. The SMILES string of the molecule is CCC(N)=NCc1cccc(F)c1. The molecule has 1 aromatic carbocycles. The lowest BCUT2D eigenvalue weighted by Crippen LogP contribution is -2.09. The molecule has 0 fully saturated rings. The van der Waals surface area contributed by atoms with Gasteiger partial charge in [0.15, 0.2) is 0 Å². The van der Waals surface area contributed by atoms with Crippen molar-refractivity contribution in [3.8, 4) is 0 Å². The Kier molecular flexibility index (Phi) is 3.43. The Morgan fingerprint density at radius 2 is 2.31 bits per heavy atom. The van der Waals surface area contributed by atoms with Crippen LogP contribution in [0.4, 0.5) is 4.39 Å². The van der Waals surface area contributed by atoms with E-state index in [9.17, 15) is 4.39 Å². The predicted octanol–water partition coefficient (Wildman–Crippen LogP) is 2.09. The summed E-state index contributed by atoms with van der Waals surface area (Å²) in [6.07, 6.45) is 0.731. The normalized spacial score (nSPS) is 11.7. The van der Waals surface area contributed by atoms with Gasteiger partial charge in [0.1, 0.15) is 5.82 Å². The van der Waals surface area contributed by atoms with Gasteiger partial charge in [-0.05, 0) is 17.7 Å². The van der Waals surface area contributed by atoms with Crippen molar-refractivity contribution in [2.45, 2.75) is 19.9 Å². The van der Waals surface area contributed by atoms with Gasteiger partial charge < -0.3 is 5.73 Å². The van der Waals surface area contributed by atoms with Gasteiger partial charge in [-0.2, -0.15) is 0 Å². The fourth-order valence-corrected chi connectivity index (χ4v) is 0.940. The average molecular weight is 180 g/mol. The summed E-state index contributed by atoms with van der Waals surface area (Å²) < 4.78 is 12.7. The van der Waals surface area contributed by atoms with Crippen molar-refractivity contribution < 1.29 is 4.39 Å². The Hall–Kier alpha value is -1.38. The first-order chi connectivity index (χ1) is 6.22. The van der Waals surface area contributed by atoms with Gasteiger partial charge in [-0.25, -0.2) is 4.39 Å². The molecule has 0 amide bonds. The summed E-state index contributed by atoms with van der Waals surface area (Å²) in [7, 11) is 0. The maximum atomic E-state index is 12.7. The number of aliphatic imine (C=N–C) groups is 1. The molecule has 0 aliphatic heterocycles. The Bertz CT molecular complexity index is 308. The number of nitrogens with two attached hydrogens (primary N) is 1. The summed E-state index contributed by atoms with van der Waals surface area (Å²) in [5.74, 6) is 0.368. The third-order valence-corrected chi connectivity index (χ3v) is 1.72. The van der Waals surface area contributed by atoms with E-state index in [1.807, 2.05) is 13.0 Å². The summed E-state index contributed by atoms with van der Waals surface area (Å²) in [5.41, 5.74) is 6.36. The van der Waals surface area contributed by atoms with Crippen LogP contribution in [0, 0.1) is 5.82 Å². The zero-order valence-electron chi connectivity index (χ0n) is 7.63. The van der Waals surface area contributed by atoms with Gasteiger partial charge in [-0.1, -0.05) is 19.1 Å². The van der Waals surface area contributed by atoms with Crippen LogP contribution in [0.2, 0.25) is 0 Å². The minimum absolute atomic E-state index is 0.234. The topological polar surface area (TPSA) is 38.4 Å². The zero-order chi connectivity index (χ0) is 9.68. The molecular formula is C10H13FN2. The van der Waals surface area contributed by atoms with Crippen LogP contribution in [-0.4, -0.2) is 5.84 Å². The van der Waals surface area contributed by atoms with Crippen molar-refractivity contribution in [3.05, 3.63) is 35.6 Å². The smallest absolute Gasteiger partial charge is 0.123 e. The number of hydrogen-bond donors (Lipinski definition) is 1. The summed E-state index contributed by atoms with van der Waals surface area (Å²) in [5, 5.41) is 0. The van der Waals surface area contributed by atoms with Crippen molar-refractivity contribution >= 4 is 5.84 Å². The molecule has 3 heteroatoms. The molecule has 0 bridgehead atoms. The first-order valence-electron chi connectivity index (χ1n) is 4.25. The molecule has 1 rings (SSSR count). The molecule has 0 saturated carbocycles. The number of benzene rings is 1. The molecule has 0 spiro atoms. The average Bonchev–Trinajstić information content (AvgIpc) is 2.14. The Morgan fingerprint density at radius 1 is 1.54 bits per heavy atom. The molecule has 0 aliphatic rings. The molecule has 0 saturated heterocycles. The van der Waals surface area contributed by atoms with E-state index in [1.54, 1.807) is 6.07 Å². The van der Waals surface area contributed by atoms with E-state index >= 15 is 0 Å². The molecule has 1 aromatic rings. The van der Waals surface area contributed by atoms with Crippen LogP contribution in [0.3, 0.4) is 0 Å². The highest BCUT2D eigenvalue weighted by Gasteiger charge is 1.93. The monoisotopic (exact) mass is 180 g/mol. The third kappa shape index (κ3) is 3.23. The molecule has 2 N–H and O–H groups in total. The summed E-state index contributed by atoms with van der Waals surface area (Å²) in [6, 6.07) is 6.38. The van der Waals surface area contributed by atoms with Crippen LogP contribution in [-0.2, 0) is 6.54 Å². The molecule has 0 radical (unpaired) electrons. The number of rotatable bonds is 3. The number of amidine groups is 1. The molecular weight excluding hydrogens is 167 g/mol. The van der Waals surface area contributed by atoms with Crippen molar-refractivity contribution in [2.24, 2.45) is 10.7 Å². The van der Waals surface area contributed by atoms with E-state index < -0.39 is 0 Å². The van der Waals surface area contributed by atoms with Crippen LogP contribution in [0.5, 0.6) is 0 Å². The molecule has 70 valence electrons. The highest BCUT2D eigenvalue weighted by molar-refractivity contribution is 5.79. The highest BCUT2D eigenvalue weighted by atomic mass is 19.1. The van der Waals surface area contributed by atoms with Gasteiger partial charge in [-0.3, -0.25) is 4.99 Å². The van der Waals surface area contributed by atoms with Gasteiger partial charge in [-0.15, -0.1) is 0 Å². The first kappa shape index (κ1) is 9.71. The number of nitrogens with zero attached hydrogens (tertiary/aromatic N) is 1. The third-order valence-electron chi connectivity index (χ3n) is 1.72. The second kappa shape index (κ2) is 4.60. The fraction of sp³-hybridized carbons (Fsp3) is 0.300. The molecule has 0 unspecified atom stereocenters. The molecule has 0 atom stereocenters. The van der Waals surface area contributed by atoms with E-state index in [-0.39, 0.29) is 5.82 Å². The fourth-order valence-electron chi connectivity index (χ4n) is 0.940. The Labute approximate surface area is 77.3 Å². The van der Waals surface area contributed by atoms with Gasteiger partial charge in [0.2, 0.25) is 0 Å². The summed E-state index contributed by atoms with van der Waals surface area (Å²) in [4.78, 5) is 4.08. The van der Waals surface area contributed by atoms with Crippen LogP contribution < -0.4 is 5.73 Å². The van der Waals surface area contributed by atoms with Crippen LogP contribution in [0.15, 0.2) is 29.3 Å². The van der Waals surface area contributed by atoms with Crippen LogP contribution in [0.25, 0.3) is 0 Å². The lowest BCUT2D eigenvalue weighted by atomic mass is 10.2. The van der Waals surface area contributed by atoms with E-state index in [0.29, 0.717) is 12.4 Å². The van der Waals surface area contributed by atoms with E-state index in [2.05, 4.69) is 4.99 Å². The van der Waals surface area contributed by atoms with E-state index in [4.69, 9.17) is 5.73 Å². The Balaban J connectivity index is 2.64. The van der Waals surface area contributed by atoms with Gasteiger partial charge in [0.05, 0.1) is 12.4 Å². The Morgan fingerprint density at radius 3 is 2.92 bits per heavy atom. The lowest BCUT2D eigenvalue weighted by Gasteiger charge is -1.98. The predicted molar refractivity (Wildman–Crippen MR) is 52.0 cm³/mol. The lowest BCUT2D eigenvalue weighted by molar-refractivity contribution is 0.625. The van der Waals surface area contributed by atoms with Gasteiger partial charge in [0, 0.05) is 6.42 Å². The largest absolute Gasteiger partial charge is 0.387 e. The first-order valence-corrected chi connectivity index (χ1v) is 4.25. The second-order valence-electron chi connectivity index (χ2n) is 2.79. The summed E-state index contributed by atoms with van der Waals surface area (Å²) in [6.45, 7) is 2.39. The van der Waals surface area contributed by atoms with Crippen molar-refractivity contribution in [3.63, 3.8) is 0 Å². The van der Waals surface area contributed by atoms with Gasteiger partial charge in [0.25, 0.3) is 0 Å². The summed E-state index contributed by atoms with van der Waals surface area (Å²) >= 11 is 0. The molecule has 0 aliphatic carbocycles. The van der Waals surface area contributed by atoms with Crippen molar-refractivity contribution in [1.82, 2.24) is 0 Å². The quantitative estimate of drug-likeness (QED) is 0.561. The minimum atomic E-state index is -0.234. The standard InChI is InChI=1S/C10H13FN2/c1-2-10(12)13-7-8-4-3-5-9(11)6-8/h3-6H,2,7H2,1H3,(H2,12,13). The number of hydrogen-bond acceptors (Lipinski definition) is 1.